The van der Waals surface area contributed by atoms with E-state index in [0.29, 0.717) is 0 Å². The summed E-state index contributed by atoms with van der Waals surface area (Å²) in [6, 6.07) is 33.1. The van der Waals surface area contributed by atoms with Crippen molar-refractivity contribution in [3.63, 3.8) is 0 Å². The molecule has 3 aromatic carbocycles. The van der Waals surface area contributed by atoms with Gasteiger partial charge >= 0.3 is 0 Å². The van der Waals surface area contributed by atoms with E-state index >= 15 is 0 Å². The summed E-state index contributed by atoms with van der Waals surface area (Å²) in [5, 5.41) is 0.735. The molecule has 116 valence electrons. The second kappa shape index (κ2) is 6.38. The minimum Gasteiger partial charge on any atom is -0.309 e. The zero-order valence-corrected chi connectivity index (χ0v) is 13.8. The molecule has 0 saturated carbocycles. The third-order valence-corrected chi connectivity index (χ3v) is 4.32. The normalized spacial score (nSPS) is 10.7. The largest absolute Gasteiger partial charge is 0.309 e. The van der Waals surface area contributed by atoms with Gasteiger partial charge in [-0.3, -0.25) is 0 Å². The Balaban J connectivity index is 1.98. The van der Waals surface area contributed by atoms with Gasteiger partial charge < -0.3 is 4.57 Å². The van der Waals surface area contributed by atoms with Crippen molar-refractivity contribution < 1.29 is 0 Å². The first-order chi connectivity index (χ1) is 11.8. The number of nitrogens with zero attached hydrogens (tertiary/aromatic N) is 1. The van der Waals surface area contributed by atoms with Gasteiger partial charge in [0, 0.05) is 10.7 Å². The van der Waals surface area contributed by atoms with Crippen molar-refractivity contribution in [1.29, 1.82) is 0 Å². The van der Waals surface area contributed by atoms with E-state index in [0.717, 1.165) is 22.1 Å². The molecule has 4 rings (SSSR count). The Bertz CT molecular complexity index is 899. The van der Waals surface area contributed by atoms with Gasteiger partial charge in [0.05, 0.1) is 11.4 Å². The van der Waals surface area contributed by atoms with Gasteiger partial charge in [0.15, 0.2) is 0 Å². The molecule has 0 saturated heterocycles. The van der Waals surface area contributed by atoms with Crippen LogP contribution in [0.25, 0.3) is 28.2 Å². The van der Waals surface area contributed by atoms with Gasteiger partial charge in [-0.05, 0) is 41.5 Å². The molecule has 0 spiro atoms. The Hall–Kier alpha value is -2.77. The van der Waals surface area contributed by atoms with Crippen LogP contribution in [0, 0.1) is 0 Å². The summed E-state index contributed by atoms with van der Waals surface area (Å²) in [6.07, 6.45) is 0. The highest BCUT2D eigenvalue weighted by atomic mass is 35.5. The Labute approximate surface area is 146 Å². The monoisotopic (exact) mass is 329 g/mol. The zero-order chi connectivity index (χ0) is 16.4. The van der Waals surface area contributed by atoms with Crippen LogP contribution in [0.3, 0.4) is 0 Å². The Morgan fingerprint density at radius 1 is 0.542 bits per heavy atom. The van der Waals surface area contributed by atoms with E-state index in [-0.39, 0.29) is 0 Å². The van der Waals surface area contributed by atoms with E-state index in [1.165, 1.54) is 11.1 Å². The van der Waals surface area contributed by atoms with Crippen LogP contribution in [0.5, 0.6) is 0 Å². The van der Waals surface area contributed by atoms with Gasteiger partial charge in [0.2, 0.25) is 0 Å². The molecular weight excluding hydrogens is 314 g/mol. The van der Waals surface area contributed by atoms with Crippen LogP contribution in [0.1, 0.15) is 0 Å². The number of halogens is 1. The Morgan fingerprint density at radius 3 is 1.58 bits per heavy atom. The summed E-state index contributed by atoms with van der Waals surface area (Å²) in [5.74, 6) is 0. The van der Waals surface area contributed by atoms with Crippen LogP contribution in [0.4, 0.5) is 0 Å². The highest BCUT2D eigenvalue weighted by Gasteiger charge is 2.13. The van der Waals surface area contributed by atoms with Gasteiger partial charge in [-0.25, -0.2) is 0 Å². The number of rotatable bonds is 3. The van der Waals surface area contributed by atoms with Gasteiger partial charge in [-0.2, -0.15) is 0 Å². The molecule has 0 fully saturated rings. The molecular formula is C22H16ClN. The fourth-order valence-corrected chi connectivity index (χ4v) is 3.18. The van der Waals surface area contributed by atoms with Crippen molar-refractivity contribution in [3.8, 4) is 28.2 Å². The topological polar surface area (TPSA) is 4.93 Å². The molecule has 1 aromatic heterocycles. The first kappa shape index (κ1) is 14.8. The van der Waals surface area contributed by atoms with Crippen LogP contribution in [-0.2, 0) is 0 Å². The summed E-state index contributed by atoms with van der Waals surface area (Å²) in [7, 11) is 0. The SMILES string of the molecule is Clc1cccc(-n2c(-c3ccccc3)ccc2-c2ccccc2)c1. The van der Waals surface area contributed by atoms with Crippen LogP contribution < -0.4 is 0 Å². The molecule has 4 aromatic rings. The standard InChI is InChI=1S/C22H16ClN/c23-19-12-7-13-20(16-19)24-21(17-8-3-1-4-9-17)14-15-22(24)18-10-5-2-6-11-18/h1-16H. The molecule has 0 N–H and O–H groups in total. The molecule has 0 atom stereocenters. The summed E-state index contributed by atoms with van der Waals surface area (Å²) in [5.41, 5.74) is 5.72. The minimum atomic E-state index is 0.735. The lowest BCUT2D eigenvalue weighted by Crippen LogP contribution is -1.99. The number of aromatic nitrogens is 1. The Kier molecular flexibility index (Phi) is 3.94. The second-order valence-corrected chi connectivity index (χ2v) is 6.09. The van der Waals surface area contributed by atoms with Crippen molar-refractivity contribution in [2.45, 2.75) is 0 Å². The van der Waals surface area contributed by atoms with Crippen molar-refractivity contribution in [3.05, 3.63) is 102 Å². The predicted molar refractivity (Wildman–Crippen MR) is 102 cm³/mol. The van der Waals surface area contributed by atoms with E-state index in [4.69, 9.17) is 11.6 Å². The number of hydrogen-bond donors (Lipinski definition) is 0. The summed E-state index contributed by atoms with van der Waals surface area (Å²) in [6.45, 7) is 0. The molecule has 1 nitrogen and oxygen atoms in total. The van der Waals surface area contributed by atoms with Crippen LogP contribution in [0.15, 0.2) is 97.1 Å². The molecule has 24 heavy (non-hydrogen) atoms. The average Bonchev–Trinajstić information content (AvgIpc) is 3.08. The second-order valence-electron chi connectivity index (χ2n) is 5.65. The molecule has 0 radical (unpaired) electrons. The predicted octanol–water partition coefficient (Wildman–Crippen LogP) is 6.46. The van der Waals surface area contributed by atoms with Crippen LogP contribution in [-0.4, -0.2) is 4.57 Å². The van der Waals surface area contributed by atoms with E-state index in [1.807, 2.05) is 30.3 Å². The summed E-state index contributed by atoms with van der Waals surface area (Å²) >= 11 is 6.25. The maximum Gasteiger partial charge on any atom is 0.0535 e. The highest BCUT2D eigenvalue weighted by Crippen LogP contribution is 2.32. The molecule has 1 heterocycles. The Morgan fingerprint density at radius 2 is 1.08 bits per heavy atom. The molecule has 0 amide bonds. The smallest absolute Gasteiger partial charge is 0.0535 e. The number of hydrogen-bond acceptors (Lipinski definition) is 0. The lowest BCUT2D eigenvalue weighted by Gasteiger charge is -2.14. The van der Waals surface area contributed by atoms with E-state index < -0.39 is 0 Å². The average molecular weight is 330 g/mol. The van der Waals surface area contributed by atoms with Crippen molar-refractivity contribution >= 4 is 11.6 Å². The fraction of sp³-hybridized carbons (Fsp3) is 0. The van der Waals surface area contributed by atoms with E-state index in [1.54, 1.807) is 0 Å². The summed E-state index contributed by atoms with van der Waals surface area (Å²) in [4.78, 5) is 0. The van der Waals surface area contributed by atoms with Crippen LogP contribution in [0.2, 0.25) is 5.02 Å². The quantitative estimate of drug-likeness (QED) is 0.406. The maximum atomic E-state index is 6.25. The van der Waals surface area contributed by atoms with Crippen molar-refractivity contribution in [2.75, 3.05) is 0 Å². The number of benzene rings is 3. The van der Waals surface area contributed by atoms with Gasteiger partial charge in [0.1, 0.15) is 0 Å². The first-order valence-corrected chi connectivity index (χ1v) is 8.29. The van der Waals surface area contributed by atoms with E-state index in [2.05, 4.69) is 71.3 Å². The zero-order valence-electron chi connectivity index (χ0n) is 13.1. The van der Waals surface area contributed by atoms with Gasteiger partial charge in [-0.1, -0.05) is 78.3 Å². The fourth-order valence-electron chi connectivity index (χ4n) is 3.00. The molecule has 0 aliphatic heterocycles. The molecule has 0 bridgehead atoms. The van der Waals surface area contributed by atoms with Crippen molar-refractivity contribution in [2.24, 2.45) is 0 Å². The molecule has 2 heteroatoms. The molecule has 0 aliphatic carbocycles. The maximum absolute atomic E-state index is 6.25. The summed E-state index contributed by atoms with van der Waals surface area (Å²) < 4.78 is 2.26. The minimum absolute atomic E-state index is 0.735. The first-order valence-electron chi connectivity index (χ1n) is 7.91. The highest BCUT2D eigenvalue weighted by molar-refractivity contribution is 6.30. The van der Waals surface area contributed by atoms with Crippen molar-refractivity contribution in [1.82, 2.24) is 4.57 Å². The van der Waals surface area contributed by atoms with Gasteiger partial charge in [0.25, 0.3) is 0 Å². The van der Waals surface area contributed by atoms with E-state index in [9.17, 15) is 0 Å². The molecule has 0 unspecified atom stereocenters. The molecule has 0 aliphatic rings. The van der Waals surface area contributed by atoms with Crippen LogP contribution >= 0.6 is 11.6 Å². The van der Waals surface area contributed by atoms with Gasteiger partial charge in [-0.15, -0.1) is 0 Å². The third-order valence-electron chi connectivity index (χ3n) is 4.09. The lowest BCUT2D eigenvalue weighted by molar-refractivity contribution is 1.09. The lowest BCUT2D eigenvalue weighted by atomic mass is 10.1. The third kappa shape index (κ3) is 2.75.